The predicted octanol–water partition coefficient (Wildman–Crippen LogP) is 3.22. The zero-order valence-corrected chi connectivity index (χ0v) is 13.6. The number of amides is 2. The fourth-order valence-electron chi connectivity index (χ4n) is 3.66. The molecule has 0 unspecified atom stereocenters. The molecule has 0 aromatic carbocycles. The molecular weight excluding hydrogens is 282 g/mol. The Morgan fingerprint density at radius 1 is 1.43 bits per heavy atom. The van der Waals surface area contributed by atoms with E-state index in [1.807, 2.05) is 6.20 Å². The van der Waals surface area contributed by atoms with Gasteiger partial charge in [-0.1, -0.05) is 19.8 Å². The first kappa shape index (κ1) is 14.8. The van der Waals surface area contributed by atoms with Crippen LogP contribution in [0.2, 0.25) is 0 Å². The van der Waals surface area contributed by atoms with Crippen molar-refractivity contribution in [2.45, 2.75) is 57.9 Å². The summed E-state index contributed by atoms with van der Waals surface area (Å²) in [5, 5.41) is 4.22. The molecule has 2 atom stereocenters. The lowest BCUT2D eigenvalue weighted by Gasteiger charge is -2.31. The largest absolute Gasteiger partial charge is 0.338 e. The second-order valence-electron chi connectivity index (χ2n) is 6.15. The third-order valence-corrected chi connectivity index (χ3v) is 6.04. The molecule has 1 N–H and O–H groups in total. The number of nitrogens with one attached hydrogen (secondary N) is 1. The summed E-state index contributed by atoms with van der Waals surface area (Å²) < 4.78 is 0. The molecule has 2 fully saturated rings. The molecule has 21 heavy (non-hydrogen) atoms. The van der Waals surface area contributed by atoms with Crippen LogP contribution in [0.3, 0.4) is 0 Å². The molecule has 2 aliphatic rings. The van der Waals surface area contributed by atoms with Gasteiger partial charge in [0.05, 0.1) is 5.01 Å². The van der Waals surface area contributed by atoms with Gasteiger partial charge in [-0.2, -0.15) is 0 Å². The monoisotopic (exact) mass is 307 g/mol. The lowest BCUT2D eigenvalue weighted by atomic mass is 9.85. The van der Waals surface area contributed by atoms with Crippen molar-refractivity contribution in [3.8, 4) is 0 Å². The number of thiazole rings is 1. The summed E-state index contributed by atoms with van der Waals surface area (Å²) in [5.74, 6) is 0.760. The second kappa shape index (κ2) is 6.77. The fourth-order valence-corrected chi connectivity index (χ4v) is 4.52. The van der Waals surface area contributed by atoms with E-state index in [2.05, 4.69) is 22.1 Å². The summed E-state index contributed by atoms with van der Waals surface area (Å²) in [6.07, 6.45) is 10.2. The summed E-state index contributed by atoms with van der Waals surface area (Å²) in [6, 6.07) is 0.641. The molecule has 2 amide bonds. The molecule has 1 aliphatic heterocycles. The molecule has 1 saturated carbocycles. The molecule has 5 heteroatoms. The Morgan fingerprint density at radius 2 is 2.29 bits per heavy atom. The first-order valence-corrected chi connectivity index (χ1v) is 9.07. The Morgan fingerprint density at radius 3 is 3.10 bits per heavy atom. The third kappa shape index (κ3) is 3.39. The molecule has 0 radical (unpaired) electrons. The minimum absolute atomic E-state index is 0.136. The van der Waals surface area contributed by atoms with E-state index in [1.54, 1.807) is 11.3 Å². The molecule has 3 rings (SSSR count). The van der Waals surface area contributed by atoms with Crippen LogP contribution < -0.4 is 5.32 Å². The van der Waals surface area contributed by atoms with Crippen molar-refractivity contribution in [3.63, 3.8) is 0 Å². The van der Waals surface area contributed by atoms with Gasteiger partial charge in [0, 0.05) is 36.6 Å². The van der Waals surface area contributed by atoms with Crippen LogP contribution in [0.4, 0.5) is 4.79 Å². The molecule has 1 saturated heterocycles. The zero-order valence-electron chi connectivity index (χ0n) is 12.8. The zero-order chi connectivity index (χ0) is 14.7. The Labute approximate surface area is 130 Å². The highest BCUT2D eigenvalue weighted by molar-refractivity contribution is 7.11. The van der Waals surface area contributed by atoms with Crippen LogP contribution in [0, 0.1) is 5.92 Å². The number of urea groups is 1. The van der Waals surface area contributed by atoms with Crippen molar-refractivity contribution in [2.75, 3.05) is 13.1 Å². The van der Waals surface area contributed by atoms with Crippen molar-refractivity contribution in [2.24, 2.45) is 5.92 Å². The Hall–Kier alpha value is -1.10. The SMILES string of the molecule is CCc1cnc(CCNC(=O)N2CC[C@@H]3CCCC[C@H]32)s1. The lowest BCUT2D eigenvalue weighted by molar-refractivity contribution is 0.170. The highest BCUT2D eigenvalue weighted by Crippen LogP contribution is 2.35. The van der Waals surface area contributed by atoms with Crippen molar-refractivity contribution >= 4 is 17.4 Å². The van der Waals surface area contributed by atoms with E-state index in [0.717, 1.165) is 30.3 Å². The number of fused-ring (bicyclic) bond motifs is 1. The number of aryl methyl sites for hydroxylation is 1. The summed E-state index contributed by atoms with van der Waals surface area (Å²) >= 11 is 1.76. The first-order valence-electron chi connectivity index (χ1n) is 8.26. The van der Waals surface area contributed by atoms with E-state index in [4.69, 9.17) is 0 Å². The average molecular weight is 307 g/mol. The highest BCUT2D eigenvalue weighted by atomic mass is 32.1. The molecule has 2 heterocycles. The number of rotatable bonds is 4. The summed E-state index contributed by atoms with van der Waals surface area (Å²) in [5.41, 5.74) is 0. The van der Waals surface area contributed by atoms with Crippen LogP contribution in [-0.4, -0.2) is 35.0 Å². The van der Waals surface area contributed by atoms with Gasteiger partial charge >= 0.3 is 6.03 Å². The average Bonchev–Trinajstić information content (AvgIpc) is 3.13. The Kier molecular flexibility index (Phi) is 4.78. The molecule has 1 aliphatic carbocycles. The van der Waals surface area contributed by atoms with Gasteiger partial charge in [0.15, 0.2) is 0 Å². The summed E-state index contributed by atoms with van der Waals surface area (Å²) in [6.45, 7) is 3.79. The molecule has 0 bridgehead atoms. The summed E-state index contributed by atoms with van der Waals surface area (Å²) in [7, 11) is 0. The number of hydrogen-bond acceptors (Lipinski definition) is 3. The lowest BCUT2D eigenvalue weighted by Crippen LogP contribution is -2.45. The van der Waals surface area contributed by atoms with Crippen molar-refractivity contribution in [1.29, 1.82) is 0 Å². The van der Waals surface area contributed by atoms with Gasteiger partial charge in [0.25, 0.3) is 0 Å². The number of carbonyl (C=O) groups is 1. The Balaban J connectivity index is 1.45. The topological polar surface area (TPSA) is 45.2 Å². The molecular formula is C16H25N3OS. The maximum Gasteiger partial charge on any atom is 0.317 e. The molecule has 0 spiro atoms. The van der Waals surface area contributed by atoms with Crippen LogP contribution in [0.1, 0.15) is 48.9 Å². The van der Waals surface area contributed by atoms with Gasteiger partial charge < -0.3 is 10.2 Å². The minimum Gasteiger partial charge on any atom is -0.338 e. The predicted molar refractivity (Wildman–Crippen MR) is 85.7 cm³/mol. The van der Waals surface area contributed by atoms with E-state index >= 15 is 0 Å². The number of carbonyl (C=O) groups excluding carboxylic acids is 1. The van der Waals surface area contributed by atoms with Gasteiger partial charge in [0.2, 0.25) is 0 Å². The van der Waals surface area contributed by atoms with Gasteiger partial charge in [-0.05, 0) is 31.6 Å². The van der Waals surface area contributed by atoms with Crippen molar-refractivity contribution in [3.05, 3.63) is 16.1 Å². The maximum atomic E-state index is 12.3. The first-order chi connectivity index (χ1) is 10.3. The van der Waals surface area contributed by atoms with Gasteiger partial charge in [-0.25, -0.2) is 9.78 Å². The maximum absolute atomic E-state index is 12.3. The van der Waals surface area contributed by atoms with Crippen LogP contribution in [0.25, 0.3) is 0 Å². The summed E-state index contributed by atoms with van der Waals surface area (Å²) in [4.78, 5) is 20.2. The van der Waals surface area contributed by atoms with E-state index in [9.17, 15) is 4.79 Å². The molecule has 1 aromatic heterocycles. The van der Waals surface area contributed by atoms with Crippen LogP contribution in [-0.2, 0) is 12.8 Å². The van der Waals surface area contributed by atoms with Gasteiger partial charge in [-0.3, -0.25) is 0 Å². The van der Waals surface area contributed by atoms with Crippen LogP contribution in [0.5, 0.6) is 0 Å². The van der Waals surface area contributed by atoms with Gasteiger partial charge in [-0.15, -0.1) is 11.3 Å². The van der Waals surface area contributed by atoms with Crippen LogP contribution in [0.15, 0.2) is 6.20 Å². The molecule has 1 aromatic rings. The van der Waals surface area contributed by atoms with E-state index in [1.165, 1.54) is 37.0 Å². The van der Waals surface area contributed by atoms with E-state index < -0.39 is 0 Å². The number of hydrogen-bond donors (Lipinski definition) is 1. The minimum atomic E-state index is 0.136. The molecule has 4 nitrogen and oxygen atoms in total. The Bertz CT molecular complexity index is 488. The smallest absolute Gasteiger partial charge is 0.317 e. The quantitative estimate of drug-likeness (QED) is 0.928. The van der Waals surface area contributed by atoms with Crippen molar-refractivity contribution < 1.29 is 4.79 Å². The fraction of sp³-hybridized carbons (Fsp3) is 0.750. The van der Waals surface area contributed by atoms with Gasteiger partial charge in [0.1, 0.15) is 0 Å². The standard InChI is InChI=1S/C16H25N3OS/c1-2-13-11-18-15(21-13)7-9-17-16(20)19-10-8-12-5-3-4-6-14(12)19/h11-12,14H,2-10H2,1H3,(H,17,20)/t12-,14+/m0/s1. The number of aromatic nitrogens is 1. The van der Waals surface area contributed by atoms with E-state index in [0.29, 0.717) is 12.6 Å². The molecule has 116 valence electrons. The third-order valence-electron chi connectivity index (χ3n) is 4.84. The van der Waals surface area contributed by atoms with E-state index in [-0.39, 0.29) is 6.03 Å². The normalized spacial score (nSPS) is 24.9. The number of nitrogens with zero attached hydrogens (tertiary/aromatic N) is 2. The highest BCUT2D eigenvalue weighted by Gasteiger charge is 2.37. The van der Waals surface area contributed by atoms with Crippen LogP contribution >= 0.6 is 11.3 Å². The van der Waals surface area contributed by atoms with Crippen molar-refractivity contribution in [1.82, 2.24) is 15.2 Å². The second-order valence-corrected chi connectivity index (χ2v) is 7.35. The number of likely N-dealkylation sites (tertiary alicyclic amines) is 1.